The molecule has 3 rings (SSSR count). The van der Waals surface area contributed by atoms with Gasteiger partial charge in [-0.25, -0.2) is 14.2 Å². The summed E-state index contributed by atoms with van der Waals surface area (Å²) in [4.78, 5) is 18.6. The van der Waals surface area contributed by atoms with Crippen molar-refractivity contribution >= 4 is 41.2 Å². The number of halogens is 3. The second kappa shape index (κ2) is 13.6. The van der Waals surface area contributed by atoms with E-state index in [0.29, 0.717) is 49.6 Å². The van der Waals surface area contributed by atoms with E-state index in [9.17, 15) is 4.79 Å². The normalized spacial score (nSPS) is 16.6. The van der Waals surface area contributed by atoms with E-state index in [-0.39, 0.29) is 23.0 Å². The Morgan fingerprint density at radius 2 is 2.11 bits per heavy atom. The van der Waals surface area contributed by atoms with E-state index in [1.165, 1.54) is 6.20 Å². The van der Waals surface area contributed by atoms with E-state index in [0.717, 1.165) is 36.2 Å². The number of hydrogen-bond donors (Lipinski definition) is 3. The molecule has 0 aromatic carbocycles. The summed E-state index contributed by atoms with van der Waals surface area (Å²) in [6, 6.07) is 0.0399. The number of carbonyl (C=O) groups is 1. The van der Waals surface area contributed by atoms with Gasteiger partial charge in [0.15, 0.2) is 11.6 Å². The Hall–Kier alpha value is -2.36. The van der Waals surface area contributed by atoms with Crippen molar-refractivity contribution in [3.05, 3.63) is 44.6 Å². The molecule has 0 bridgehead atoms. The van der Waals surface area contributed by atoms with Crippen LogP contribution in [-0.4, -0.2) is 57.5 Å². The Balaban J connectivity index is 1.54. The highest BCUT2D eigenvalue weighted by Gasteiger charge is 2.30. The molecule has 1 aliphatic rings. The molecule has 3 N–H and O–H groups in total. The molecule has 8 nitrogen and oxygen atoms in total. The Morgan fingerprint density at radius 3 is 2.82 bits per heavy atom. The average Bonchev–Trinajstić information content (AvgIpc) is 3.17. The van der Waals surface area contributed by atoms with E-state index in [4.69, 9.17) is 27.9 Å². The maximum atomic E-state index is 15.3. The first-order chi connectivity index (χ1) is 18.0. The molecular formula is C27H39Cl2FN6O2. The van der Waals surface area contributed by atoms with Crippen LogP contribution in [0.25, 0.3) is 6.08 Å². The maximum absolute atomic E-state index is 15.3. The number of aryl methyl sites for hydroxylation is 1. The summed E-state index contributed by atoms with van der Waals surface area (Å²) >= 11 is 12.3. The summed E-state index contributed by atoms with van der Waals surface area (Å²) in [5.74, 6) is -0.291. The zero-order chi connectivity index (χ0) is 27.9. The summed E-state index contributed by atoms with van der Waals surface area (Å²) in [6.45, 7) is 11.5. The molecule has 1 unspecified atom stereocenters. The highest BCUT2D eigenvalue weighted by molar-refractivity contribution is 6.31. The number of ether oxygens (including phenoxy) is 1. The first-order valence-corrected chi connectivity index (χ1v) is 13.9. The van der Waals surface area contributed by atoms with Crippen LogP contribution in [-0.2, 0) is 17.7 Å². The number of pyridine rings is 1. The molecule has 1 amide bonds. The van der Waals surface area contributed by atoms with E-state index < -0.39 is 11.4 Å². The van der Waals surface area contributed by atoms with Crippen molar-refractivity contribution in [2.75, 3.05) is 25.0 Å². The Kier molecular flexibility index (Phi) is 10.8. The number of nitrogens with zero attached hydrogens (tertiary/aromatic N) is 3. The first kappa shape index (κ1) is 30.2. The van der Waals surface area contributed by atoms with Crippen molar-refractivity contribution in [2.45, 2.75) is 84.9 Å². The smallest absolute Gasteiger partial charge is 0.410 e. The molecule has 0 aliphatic carbocycles. The minimum atomic E-state index is -0.543. The molecule has 1 aliphatic heterocycles. The molecule has 0 saturated carbocycles. The average molecular weight is 570 g/mol. The van der Waals surface area contributed by atoms with Crippen LogP contribution in [0.5, 0.6) is 0 Å². The predicted molar refractivity (Wildman–Crippen MR) is 151 cm³/mol. The number of anilines is 1. The second-order valence-corrected chi connectivity index (χ2v) is 11.7. The van der Waals surface area contributed by atoms with Gasteiger partial charge in [-0.05, 0) is 79.3 Å². The van der Waals surface area contributed by atoms with Gasteiger partial charge in [-0.2, -0.15) is 5.10 Å². The minimum Gasteiger partial charge on any atom is -0.444 e. The van der Waals surface area contributed by atoms with Gasteiger partial charge in [0.05, 0.1) is 10.7 Å². The van der Waals surface area contributed by atoms with Crippen molar-refractivity contribution < 1.29 is 13.9 Å². The van der Waals surface area contributed by atoms with Crippen LogP contribution in [0.1, 0.15) is 75.9 Å². The number of likely N-dealkylation sites (tertiary alicyclic amines) is 1. The van der Waals surface area contributed by atoms with Crippen LogP contribution in [0, 0.1) is 12.7 Å². The number of aromatic amines is 1. The van der Waals surface area contributed by atoms with E-state index >= 15 is 4.39 Å². The largest absolute Gasteiger partial charge is 0.444 e. The molecule has 2 aromatic rings. The first-order valence-electron chi connectivity index (χ1n) is 13.1. The van der Waals surface area contributed by atoms with Crippen molar-refractivity contribution in [1.29, 1.82) is 0 Å². The van der Waals surface area contributed by atoms with Crippen molar-refractivity contribution in [3.63, 3.8) is 0 Å². The summed E-state index contributed by atoms with van der Waals surface area (Å²) in [6.07, 6.45) is 7.01. The molecule has 3 heterocycles. The van der Waals surface area contributed by atoms with E-state index in [1.807, 2.05) is 40.7 Å². The fourth-order valence-electron chi connectivity index (χ4n) is 4.51. The van der Waals surface area contributed by atoms with E-state index in [2.05, 4.69) is 25.8 Å². The molecule has 38 heavy (non-hydrogen) atoms. The van der Waals surface area contributed by atoms with Crippen molar-refractivity contribution in [3.8, 4) is 0 Å². The molecule has 2 aromatic heterocycles. The number of nitrogens with one attached hydrogen (secondary N) is 3. The second-order valence-electron chi connectivity index (χ2n) is 10.7. The molecule has 1 atom stereocenters. The van der Waals surface area contributed by atoms with Crippen LogP contribution in [0.4, 0.5) is 15.0 Å². The van der Waals surface area contributed by atoms with Gasteiger partial charge in [-0.1, -0.05) is 23.2 Å². The lowest BCUT2D eigenvalue weighted by Crippen LogP contribution is -2.46. The Labute approximate surface area is 234 Å². The monoisotopic (exact) mass is 568 g/mol. The lowest BCUT2D eigenvalue weighted by molar-refractivity contribution is 0.00929. The lowest BCUT2D eigenvalue weighted by Gasteiger charge is -2.36. The summed E-state index contributed by atoms with van der Waals surface area (Å²) in [5, 5.41) is 14.7. The standard InChI is InChI=1S/C27H39Cl2FN6O2/c1-17(28)14-21-18(2)34-35-23(21)16-31-11-10-20-22(29)15-33-25(24(20)30)32-12-9-19-8-6-7-13-36(19)26(37)38-27(3,4)5/h14-15,19,31H,6-13,16H2,1-5H3,(H,32,33)(H,34,35)/b17-14+. The number of carbonyl (C=O) groups excluding carboxylic acids is 1. The molecule has 11 heteroatoms. The third-order valence-corrected chi connectivity index (χ3v) is 6.79. The van der Waals surface area contributed by atoms with E-state index in [1.54, 1.807) is 4.90 Å². The molecular weight excluding hydrogens is 530 g/mol. The van der Waals surface area contributed by atoms with Gasteiger partial charge in [0.2, 0.25) is 0 Å². The number of aromatic nitrogens is 3. The topological polar surface area (TPSA) is 95.2 Å². The SMILES string of the molecule is C/C(Cl)=C\c1c(CNCCc2c(Cl)cnc(NCCC3CCCCN3C(=O)OC(C)(C)C)c2F)n[nH]c1C. The molecule has 0 radical (unpaired) electrons. The van der Waals surface area contributed by atoms with Gasteiger partial charge in [0, 0.05) is 53.7 Å². The van der Waals surface area contributed by atoms with Gasteiger partial charge in [0.25, 0.3) is 0 Å². The highest BCUT2D eigenvalue weighted by atomic mass is 35.5. The molecule has 210 valence electrons. The fourth-order valence-corrected chi connectivity index (χ4v) is 4.84. The maximum Gasteiger partial charge on any atom is 0.410 e. The summed E-state index contributed by atoms with van der Waals surface area (Å²) < 4.78 is 20.9. The Bertz CT molecular complexity index is 1130. The quantitative estimate of drug-likeness (QED) is 0.286. The minimum absolute atomic E-state index is 0.0399. The molecule has 0 spiro atoms. The number of rotatable bonds is 10. The number of piperidine rings is 1. The van der Waals surface area contributed by atoms with Crippen LogP contribution in [0.3, 0.4) is 0 Å². The van der Waals surface area contributed by atoms with Crippen LogP contribution in [0.15, 0.2) is 11.2 Å². The number of hydrogen-bond acceptors (Lipinski definition) is 6. The fraction of sp³-hybridized carbons (Fsp3) is 0.593. The molecule has 1 saturated heterocycles. The predicted octanol–water partition coefficient (Wildman–Crippen LogP) is 6.43. The number of allylic oxidation sites excluding steroid dienone is 1. The van der Waals surface area contributed by atoms with Gasteiger partial charge < -0.3 is 20.3 Å². The van der Waals surface area contributed by atoms with Gasteiger partial charge in [0.1, 0.15) is 5.60 Å². The van der Waals surface area contributed by atoms with Crippen LogP contribution < -0.4 is 10.6 Å². The molecule has 1 fully saturated rings. The Morgan fingerprint density at radius 1 is 1.34 bits per heavy atom. The lowest BCUT2D eigenvalue weighted by atomic mass is 10.00. The zero-order valence-corrected chi connectivity index (χ0v) is 24.4. The van der Waals surface area contributed by atoms with Crippen molar-refractivity contribution in [2.24, 2.45) is 0 Å². The summed E-state index contributed by atoms with van der Waals surface area (Å²) in [7, 11) is 0. The number of amides is 1. The van der Waals surface area contributed by atoms with Crippen LogP contribution in [0.2, 0.25) is 5.02 Å². The van der Waals surface area contributed by atoms with Gasteiger partial charge in [-0.15, -0.1) is 0 Å². The third-order valence-electron chi connectivity index (χ3n) is 6.35. The number of H-pyrrole nitrogens is 1. The zero-order valence-electron chi connectivity index (χ0n) is 22.9. The van der Waals surface area contributed by atoms with Gasteiger partial charge in [-0.3, -0.25) is 5.10 Å². The van der Waals surface area contributed by atoms with Crippen LogP contribution >= 0.6 is 23.2 Å². The summed E-state index contributed by atoms with van der Waals surface area (Å²) in [5.41, 5.74) is 2.59. The van der Waals surface area contributed by atoms with Crippen molar-refractivity contribution in [1.82, 2.24) is 25.4 Å². The third kappa shape index (κ3) is 8.58. The highest BCUT2D eigenvalue weighted by Crippen LogP contribution is 2.26. The van der Waals surface area contributed by atoms with Gasteiger partial charge >= 0.3 is 6.09 Å².